The van der Waals surface area contributed by atoms with Gasteiger partial charge in [0.2, 0.25) is 15.8 Å². The van der Waals surface area contributed by atoms with Crippen molar-refractivity contribution >= 4 is 16.0 Å². The highest BCUT2D eigenvalue weighted by atomic mass is 32.2. The van der Waals surface area contributed by atoms with Crippen LogP contribution in [0.15, 0.2) is 28.8 Å². The first kappa shape index (κ1) is 20.7. The zero-order chi connectivity index (χ0) is 20.4. The van der Waals surface area contributed by atoms with Crippen LogP contribution in [0.3, 0.4) is 0 Å². The van der Waals surface area contributed by atoms with Gasteiger partial charge in [-0.1, -0.05) is 17.3 Å². The van der Waals surface area contributed by atoms with Crippen LogP contribution in [0.2, 0.25) is 0 Å². The first-order valence-corrected chi connectivity index (χ1v) is 11.0. The Balaban J connectivity index is 1.49. The highest BCUT2D eigenvalue weighted by molar-refractivity contribution is 7.90. The molecule has 1 heterocycles. The van der Waals surface area contributed by atoms with Crippen LogP contribution in [0.5, 0.6) is 0 Å². The van der Waals surface area contributed by atoms with Crippen LogP contribution in [0.25, 0.3) is 11.4 Å². The lowest BCUT2D eigenvalue weighted by Crippen LogP contribution is -2.42. The van der Waals surface area contributed by atoms with Crippen LogP contribution in [0.1, 0.15) is 46.5 Å². The Kier molecular flexibility index (Phi) is 6.04. The van der Waals surface area contributed by atoms with Crippen LogP contribution in [-0.2, 0) is 10.0 Å². The van der Waals surface area contributed by atoms with Gasteiger partial charge in [0.05, 0.1) is 4.75 Å². The summed E-state index contributed by atoms with van der Waals surface area (Å²) in [6.45, 7) is 5.55. The standard InChI is InChI=1S/C19H27FN4O3S/c1-19(2,3)28(25,26)21-12-13-7-9-16(10-8-13)22-18-23-17(24-27-18)14-5-4-6-15(20)11-14/h4-6,11,13,16,21H,7-10,12H2,1-3H3,(H,22,23,24). The second kappa shape index (κ2) is 8.16. The fourth-order valence-electron chi connectivity index (χ4n) is 3.16. The van der Waals surface area contributed by atoms with Gasteiger partial charge in [-0.3, -0.25) is 0 Å². The molecule has 1 aliphatic carbocycles. The maximum absolute atomic E-state index is 13.3. The molecule has 9 heteroatoms. The van der Waals surface area contributed by atoms with Gasteiger partial charge in [-0.15, -0.1) is 0 Å². The molecule has 2 aromatic rings. The molecule has 0 spiro atoms. The minimum Gasteiger partial charge on any atom is -0.335 e. The Hall–Kier alpha value is -2.00. The minimum absolute atomic E-state index is 0.191. The van der Waals surface area contributed by atoms with E-state index < -0.39 is 14.8 Å². The van der Waals surface area contributed by atoms with Gasteiger partial charge in [0.25, 0.3) is 0 Å². The SMILES string of the molecule is CC(C)(C)S(=O)(=O)NCC1CCC(Nc2nc(-c3cccc(F)c3)no2)CC1. The van der Waals surface area contributed by atoms with Crippen LogP contribution in [0, 0.1) is 11.7 Å². The molecule has 7 nitrogen and oxygen atoms in total. The molecule has 28 heavy (non-hydrogen) atoms. The van der Waals surface area contributed by atoms with Gasteiger partial charge < -0.3 is 9.84 Å². The predicted octanol–water partition coefficient (Wildman–Crippen LogP) is 3.56. The molecule has 0 aliphatic heterocycles. The van der Waals surface area contributed by atoms with E-state index in [1.807, 2.05) is 0 Å². The Morgan fingerprint density at radius 2 is 1.93 bits per heavy atom. The molecule has 0 saturated heterocycles. The van der Waals surface area contributed by atoms with E-state index in [9.17, 15) is 12.8 Å². The summed E-state index contributed by atoms with van der Waals surface area (Å²) in [5.74, 6) is 0.310. The summed E-state index contributed by atoms with van der Waals surface area (Å²) in [5, 5.41) is 7.13. The Morgan fingerprint density at radius 3 is 2.57 bits per heavy atom. The van der Waals surface area contributed by atoms with Crippen LogP contribution >= 0.6 is 0 Å². The molecule has 0 radical (unpaired) electrons. The Morgan fingerprint density at radius 1 is 1.21 bits per heavy atom. The molecule has 1 saturated carbocycles. The van der Waals surface area contributed by atoms with E-state index in [4.69, 9.17) is 4.52 Å². The number of rotatable bonds is 6. The summed E-state index contributed by atoms with van der Waals surface area (Å²) in [4.78, 5) is 4.28. The summed E-state index contributed by atoms with van der Waals surface area (Å²) >= 11 is 0. The van der Waals surface area contributed by atoms with Crippen molar-refractivity contribution < 1.29 is 17.3 Å². The third-order valence-corrected chi connectivity index (χ3v) is 7.21. The molecule has 0 atom stereocenters. The van der Waals surface area contributed by atoms with Crippen molar-refractivity contribution in [1.82, 2.24) is 14.9 Å². The number of hydrogen-bond donors (Lipinski definition) is 2. The number of hydrogen-bond acceptors (Lipinski definition) is 6. The summed E-state index contributed by atoms with van der Waals surface area (Å²) in [6.07, 6.45) is 3.60. The van der Waals surface area contributed by atoms with Gasteiger partial charge in [0.1, 0.15) is 5.82 Å². The number of benzene rings is 1. The van der Waals surface area contributed by atoms with Crippen molar-refractivity contribution in [2.45, 2.75) is 57.2 Å². The number of sulfonamides is 1. The smallest absolute Gasteiger partial charge is 0.322 e. The minimum atomic E-state index is -3.31. The summed E-state index contributed by atoms with van der Waals surface area (Å²) < 4.78 is 44.8. The molecular weight excluding hydrogens is 383 g/mol. The van der Waals surface area contributed by atoms with E-state index >= 15 is 0 Å². The molecule has 0 unspecified atom stereocenters. The van der Waals surface area contributed by atoms with Gasteiger partial charge in [-0.25, -0.2) is 17.5 Å². The number of anilines is 1. The normalized spacial score (nSPS) is 20.9. The lowest BCUT2D eigenvalue weighted by Gasteiger charge is -2.29. The average molecular weight is 411 g/mol. The molecule has 154 valence electrons. The highest BCUT2D eigenvalue weighted by Gasteiger charge is 2.30. The lowest BCUT2D eigenvalue weighted by molar-refractivity contribution is 0.329. The largest absolute Gasteiger partial charge is 0.335 e. The molecule has 1 aliphatic rings. The number of aromatic nitrogens is 2. The number of nitrogens with one attached hydrogen (secondary N) is 2. The topological polar surface area (TPSA) is 97.1 Å². The first-order chi connectivity index (χ1) is 13.1. The van der Waals surface area contributed by atoms with Crippen molar-refractivity contribution in [3.8, 4) is 11.4 Å². The second-order valence-corrected chi connectivity index (χ2v) is 10.8. The van der Waals surface area contributed by atoms with E-state index in [-0.39, 0.29) is 11.9 Å². The van der Waals surface area contributed by atoms with Gasteiger partial charge in [-0.05, 0) is 64.5 Å². The van der Waals surface area contributed by atoms with Gasteiger partial charge >= 0.3 is 6.01 Å². The van der Waals surface area contributed by atoms with E-state index in [1.165, 1.54) is 12.1 Å². The van der Waals surface area contributed by atoms with Crippen molar-refractivity contribution in [3.05, 3.63) is 30.1 Å². The van der Waals surface area contributed by atoms with Crippen LogP contribution in [0.4, 0.5) is 10.4 Å². The second-order valence-electron chi connectivity index (χ2n) is 8.26. The monoisotopic (exact) mass is 410 g/mol. The zero-order valence-electron chi connectivity index (χ0n) is 16.4. The molecule has 0 amide bonds. The number of halogens is 1. The Bertz CT molecular complexity index is 900. The lowest BCUT2D eigenvalue weighted by atomic mass is 9.86. The van der Waals surface area contributed by atoms with Crippen molar-refractivity contribution in [1.29, 1.82) is 0 Å². The molecule has 3 rings (SSSR count). The quantitative estimate of drug-likeness (QED) is 0.756. The van der Waals surface area contributed by atoms with Crippen molar-refractivity contribution in [2.75, 3.05) is 11.9 Å². The summed E-state index contributed by atoms with van der Waals surface area (Å²) in [5.41, 5.74) is 0.562. The Labute approximate surface area is 165 Å². The zero-order valence-corrected chi connectivity index (χ0v) is 17.2. The van der Waals surface area contributed by atoms with Crippen LogP contribution in [-0.4, -0.2) is 35.9 Å². The summed E-state index contributed by atoms with van der Waals surface area (Å²) in [6, 6.07) is 6.55. The molecule has 2 N–H and O–H groups in total. The van der Waals surface area contributed by atoms with Gasteiger partial charge in [0, 0.05) is 18.2 Å². The third kappa shape index (κ3) is 5.08. The first-order valence-electron chi connectivity index (χ1n) is 9.49. The molecular formula is C19H27FN4O3S. The molecule has 0 bridgehead atoms. The fraction of sp³-hybridized carbons (Fsp3) is 0.579. The van der Waals surface area contributed by atoms with Crippen molar-refractivity contribution in [3.63, 3.8) is 0 Å². The van der Waals surface area contributed by atoms with E-state index in [2.05, 4.69) is 20.2 Å². The van der Waals surface area contributed by atoms with Crippen molar-refractivity contribution in [2.24, 2.45) is 5.92 Å². The average Bonchev–Trinajstić information content (AvgIpc) is 3.09. The predicted molar refractivity (Wildman–Crippen MR) is 106 cm³/mol. The fourth-order valence-corrected chi connectivity index (χ4v) is 4.04. The number of nitrogens with zero attached hydrogens (tertiary/aromatic N) is 2. The van der Waals surface area contributed by atoms with Gasteiger partial charge in [-0.2, -0.15) is 4.98 Å². The molecule has 1 aromatic heterocycles. The highest BCUT2D eigenvalue weighted by Crippen LogP contribution is 2.27. The molecule has 1 aromatic carbocycles. The van der Waals surface area contributed by atoms with E-state index in [0.29, 0.717) is 29.9 Å². The third-order valence-electron chi connectivity index (χ3n) is 5.05. The maximum atomic E-state index is 13.3. The summed E-state index contributed by atoms with van der Waals surface area (Å²) in [7, 11) is -3.31. The van der Waals surface area contributed by atoms with E-state index in [1.54, 1.807) is 32.9 Å². The van der Waals surface area contributed by atoms with Gasteiger partial charge in [0.15, 0.2) is 0 Å². The molecule has 1 fully saturated rings. The maximum Gasteiger partial charge on any atom is 0.322 e. The van der Waals surface area contributed by atoms with E-state index in [0.717, 1.165) is 25.7 Å². The van der Waals surface area contributed by atoms with Crippen LogP contribution < -0.4 is 10.0 Å².